The highest BCUT2D eigenvalue weighted by Crippen LogP contribution is 2.34. The molecule has 1 aromatic heterocycles. The Hall–Kier alpha value is -2.74. The van der Waals surface area contributed by atoms with E-state index in [-0.39, 0.29) is 0 Å². The van der Waals surface area contributed by atoms with Crippen molar-refractivity contribution in [2.75, 3.05) is 5.84 Å². The number of nitrogens with zero attached hydrogens (tertiary/aromatic N) is 1. The largest absolute Gasteiger partial charge is 0.339 e. The van der Waals surface area contributed by atoms with Crippen molar-refractivity contribution in [2.24, 2.45) is 0 Å². The van der Waals surface area contributed by atoms with Crippen LogP contribution < -0.4 is 5.84 Å². The summed E-state index contributed by atoms with van der Waals surface area (Å²) >= 11 is 0. The molecule has 4 aromatic rings. The van der Waals surface area contributed by atoms with E-state index in [4.69, 9.17) is 5.84 Å². The molecule has 0 bridgehead atoms. The minimum atomic E-state index is 1.06. The number of fused-ring (bicyclic) bond motifs is 3. The maximum absolute atomic E-state index is 6.33. The van der Waals surface area contributed by atoms with E-state index in [1.807, 2.05) is 12.1 Å². The molecule has 0 spiro atoms. The molecule has 0 radical (unpaired) electrons. The highest BCUT2D eigenvalue weighted by Gasteiger charge is 2.12. The van der Waals surface area contributed by atoms with Gasteiger partial charge in [-0.3, -0.25) is 4.68 Å². The van der Waals surface area contributed by atoms with Gasteiger partial charge in [-0.25, -0.2) is 0 Å². The summed E-state index contributed by atoms with van der Waals surface area (Å²) in [5.41, 5.74) is 4.50. The number of para-hydroxylation sites is 2. The Morgan fingerprint density at radius 1 is 0.650 bits per heavy atom. The predicted octanol–water partition coefficient (Wildman–Crippen LogP) is 4.18. The third kappa shape index (κ3) is 1.45. The number of nitrogen functional groups attached to an aromatic ring is 1. The van der Waals surface area contributed by atoms with Gasteiger partial charge in [0.05, 0.1) is 11.0 Å². The Bertz CT molecular complexity index is 905. The van der Waals surface area contributed by atoms with E-state index < -0.39 is 0 Å². The van der Waals surface area contributed by atoms with Gasteiger partial charge in [-0.1, -0.05) is 66.7 Å². The lowest BCUT2D eigenvalue weighted by Crippen LogP contribution is -2.07. The van der Waals surface area contributed by atoms with E-state index >= 15 is 0 Å². The van der Waals surface area contributed by atoms with Gasteiger partial charge < -0.3 is 5.84 Å². The van der Waals surface area contributed by atoms with Crippen LogP contribution >= 0.6 is 0 Å². The highest BCUT2D eigenvalue weighted by molar-refractivity contribution is 6.12. The first kappa shape index (κ1) is 11.1. The quantitative estimate of drug-likeness (QED) is 0.510. The molecule has 0 amide bonds. The van der Waals surface area contributed by atoms with Crippen molar-refractivity contribution in [3.8, 4) is 11.1 Å². The van der Waals surface area contributed by atoms with E-state index in [9.17, 15) is 0 Å². The number of aromatic nitrogens is 1. The molecule has 0 aliphatic rings. The van der Waals surface area contributed by atoms with Crippen LogP contribution in [0.25, 0.3) is 32.9 Å². The van der Waals surface area contributed by atoms with E-state index in [0.29, 0.717) is 0 Å². The number of nitrogens with two attached hydrogens (primary N) is 1. The van der Waals surface area contributed by atoms with Crippen LogP contribution in [0.4, 0.5) is 0 Å². The van der Waals surface area contributed by atoms with E-state index in [0.717, 1.165) is 11.0 Å². The first-order valence-corrected chi connectivity index (χ1v) is 6.69. The smallest absolute Gasteiger partial charge is 0.0781 e. The Labute approximate surface area is 117 Å². The summed E-state index contributed by atoms with van der Waals surface area (Å²) in [4.78, 5) is 0. The Morgan fingerprint density at radius 3 is 2.20 bits per heavy atom. The summed E-state index contributed by atoms with van der Waals surface area (Å²) in [6.45, 7) is 0. The van der Waals surface area contributed by atoms with Gasteiger partial charge in [0.15, 0.2) is 0 Å². The van der Waals surface area contributed by atoms with Gasteiger partial charge in [0, 0.05) is 16.3 Å². The van der Waals surface area contributed by atoms with Crippen LogP contribution in [-0.4, -0.2) is 4.68 Å². The third-order valence-electron chi connectivity index (χ3n) is 3.82. The van der Waals surface area contributed by atoms with Crippen molar-refractivity contribution < 1.29 is 0 Å². The zero-order valence-electron chi connectivity index (χ0n) is 11.0. The zero-order valence-corrected chi connectivity index (χ0v) is 11.0. The molecule has 0 fully saturated rings. The molecule has 2 N–H and O–H groups in total. The minimum absolute atomic E-state index is 1.06. The van der Waals surface area contributed by atoms with E-state index in [1.54, 1.807) is 4.68 Å². The van der Waals surface area contributed by atoms with Gasteiger partial charge in [-0.05, 0) is 11.6 Å². The number of hydrogen-bond donors (Lipinski definition) is 1. The fourth-order valence-corrected chi connectivity index (χ4v) is 2.90. The fraction of sp³-hybridized carbons (Fsp3) is 0. The normalized spacial score (nSPS) is 11.2. The summed E-state index contributed by atoms with van der Waals surface area (Å²) in [5, 5.41) is 2.40. The molecule has 4 rings (SSSR count). The average Bonchev–Trinajstić information content (AvgIpc) is 2.82. The molecule has 0 saturated heterocycles. The van der Waals surface area contributed by atoms with E-state index in [1.165, 1.54) is 21.9 Å². The van der Waals surface area contributed by atoms with Crippen LogP contribution in [0.5, 0.6) is 0 Å². The molecule has 3 aromatic carbocycles. The molecule has 0 atom stereocenters. The maximum atomic E-state index is 6.33. The van der Waals surface area contributed by atoms with Crippen LogP contribution in [0.2, 0.25) is 0 Å². The van der Waals surface area contributed by atoms with Crippen LogP contribution in [0.3, 0.4) is 0 Å². The molecule has 0 saturated carbocycles. The van der Waals surface area contributed by atoms with E-state index in [2.05, 4.69) is 60.7 Å². The minimum Gasteiger partial charge on any atom is -0.339 e. The molecule has 2 nitrogen and oxygen atoms in total. The van der Waals surface area contributed by atoms with Crippen molar-refractivity contribution in [1.29, 1.82) is 0 Å². The second-order valence-electron chi connectivity index (χ2n) is 4.95. The van der Waals surface area contributed by atoms with Gasteiger partial charge in [0.1, 0.15) is 0 Å². The van der Waals surface area contributed by atoms with Gasteiger partial charge in [0.2, 0.25) is 0 Å². The van der Waals surface area contributed by atoms with Crippen LogP contribution in [0.1, 0.15) is 0 Å². The Kier molecular flexibility index (Phi) is 2.30. The Morgan fingerprint density at radius 2 is 1.35 bits per heavy atom. The second kappa shape index (κ2) is 4.14. The number of rotatable bonds is 1. The van der Waals surface area contributed by atoms with Gasteiger partial charge >= 0.3 is 0 Å². The molecular weight excluding hydrogens is 244 g/mol. The molecule has 2 heteroatoms. The maximum Gasteiger partial charge on any atom is 0.0781 e. The van der Waals surface area contributed by atoms with Crippen molar-refractivity contribution in [3.05, 3.63) is 72.8 Å². The lowest BCUT2D eigenvalue weighted by Gasteiger charge is -2.06. The zero-order chi connectivity index (χ0) is 13.5. The molecule has 1 heterocycles. The molecule has 0 aliphatic heterocycles. The first-order valence-electron chi connectivity index (χ1n) is 6.69. The SMILES string of the molecule is Nn1c2ccccc2c2cccc(-c3ccccc3)c21. The number of hydrogen-bond acceptors (Lipinski definition) is 1. The molecule has 96 valence electrons. The monoisotopic (exact) mass is 258 g/mol. The summed E-state index contributed by atoms with van der Waals surface area (Å²) in [7, 11) is 0. The summed E-state index contributed by atoms with van der Waals surface area (Å²) in [5.74, 6) is 6.33. The first-order chi connectivity index (χ1) is 9.86. The Balaban J connectivity index is 2.19. The van der Waals surface area contributed by atoms with Gasteiger partial charge in [-0.2, -0.15) is 0 Å². The predicted molar refractivity (Wildman–Crippen MR) is 85.0 cm³/mol. The number of benzene rings is 3. The summed E-state index contributed by atoms with van der Waals surface area (Å²) in [6.07, 6.45) is 0. The summed E-state index contributed by atoms with van der Waals surface area (Å²) in [6, 6.07) is 25.0. The summed E-state index contributed by atoms with van der Waals surface area (Å²) < 4.78 is 1.80. The van der Waals surface area contributed by atoms with Crippen LogP contribution in [0.15, 0.2) is 72.8 Å². The lowest BCUT2D eigenvalue weighted by atomic mass is 10.0. The van der Waals surface area contributed by atoms with Crippen LogP contribution in [-0.2, 0) is 0 Å². The lowest BCUT2D eigenvalue weighted by molar-refractivity contribution is 1.12. The molecule has 0 aliphatic carbocycles. The molecular formula is C18H14N2. The van der Waals surface area contributed by atoms with Crippen molar-refractivity contribution >= 4 is 21.8 Å². The second-order valence-corrected chi connectivity index (χ2v) is 4.95. The highest BCUT2D eigenvalue weighted by atomic mass is 15.3. The third-order valence-corrected chi connectivity index (χ3v) is 3.82. The average molecular weight is 258 g/mol. The van der Waals surface area contributed by atoms with Gasteiger partial charge in [-0.15, -0.1) is 0 Å². The van der Waals surface area contributed by atoms with Crippen molar-refractivity contribution in [2.45, 2.75) is 0 Å². The van der Waals surface area contributed by atoms with Gasteiger partial charge in [0.25, 0.3) is 0 Å². The topological polar surface area (TPSA) is 30.9 Å². The molecule has 20 heavy (non-hydrogen) atoms. The van der Waals surface area contributed by atoms with Crippen molar-refractivity contribution in [3.63, 3.8) is 0 Å². The van der Waals surface area contributed by atoms with Crippen LogP contribution in [0, 0.1) is 0 Å². The standard InChI is InChI=1S/C18H14N2/c19-20-17-12-5-4-9-15(17)16-11-6-10-14(18(16)20)13-7-2-1-3-8-13/h1-12H,19H2. The molecule has 0 unspecified atom stereocenters. The van der Waals surface area contributed by atoms with Crippen molar-refractivity contribution in [1.82, 2.24) is 4.68 Å². The fourth-order valence-electron chi connectivity index (χ4n) is 2.90.